The van der Waals surface area contributed by atoms with E-state index in [9.17, 15) is 0 Å². The van der Waals surface area contributed by atoms with Gasteiger partial charge in [0.2, 0.25) is 0 Å². The average molecular weight is 239 g/mol. The topological polar surface area (TPSA) is 52.5 Å². The van der Waals surface area contributed by atoms with Crippen molar-refractivity contribution in [3.63, 3.8) is 0 Å². The van der Waals surface area contributed by atoms with Crippen LogP contribution in [0.25, 0.3) is 4.96 Å². The van der Waals surface area contributed by atoms with Crippen LogP contribution in [-0.2, 0) is 11.2 Å². The minimum atomic E-state index is 0.180. The molecular formula is C11H17N3OS. The number of fused-ring (bicyclic) bond motifs is 1. The molecule has 2 rings (SSSR count). The van der Waals surface area contributed by atoms with E-state index < -0.39 is 0 Å². The molecule has 2 aromatic rings. The lowest BCUT2D eigenvalue weighted by Crippen LogP contribution is -2.23. The minimum absolute atomic E-state index is 0.180. The molecule has 16 heavy (non-hydrogen) atoms. The molecule has 4 nitrogen and oxygen atoms in total. The normalized spacial score (nSPS) is 13.4. The van der Waals surface area contributed by atoms with Crippen LogP contribution in [0.5, 0.6) is 0 Å². The Labute approximate surface area is 99.1 Å². The zero-order valence-corrected chi connectivity index (χ0v) is 10.2. The highest BCUT2D eigenvalue weighted by Crippen LogP contribution is 2.13. The number of hydrogen-bond acceptors (Lipinski definition) is 4. The molecule has 5 heteroatoms. The Morgan fingerprint density at radius 1 is 1.62 bits per heavy atom. The van der Waals surface area contributed by atoms with Gasteiger partial charge in [0, 0.05) is 44.0 Å². The van der Waals surface area contributed by atoms with Gasteiger partial charge in [0.05, 0.1) is 5.69 Å². The van der Waals surface area contributed by atoms with Gasteiger partial charge in [-0.1, -0.05) is 0 Å². The SMILES string of the molecule is COCCCC(N)Cc1cn2ccsc2n1. The third-order valence-corrected chi connectivity index (χ3v) is 3.31. The first-order chi connectivity index (χ1) is 7.79. The summed E-state index contributed by atoms with van der Waals surface area (Å²) in [6.07, 6.45) is 6.92. The Morgan fingerprint density at radius 3 is 3.25 bits per heavy atom. The molecule has 2 aromatic heterocycles. The van der Waals surface area contributed by atoms with Crippen molar-refractivity contribution < 1.29 is 4.74 Å². The number of nitrogens with zero attached hydrogens (tertiary/aromatic N) is 2. The molecule has 0 radical (unpaired) electrons. The van der Waals surface area contributed by atoms with Crippen LogP contribution >= 0.6 is 11.3 Å². The number of methoxy groups -OCH3 is 1. The second kappa shape index (κ2) is 5.43. The minimum Gasteiger partial charge on any atom is -0.385 e. The number of aromatic nitrogens is 2. The summed E-state index contributed by atoms with van der Waals surface area (Å²) < 4.78 is 7.05. The summed E-state index contributed by atoms with van der Waals surface area (Å²) in [6, 6.07) is 0.180. The summed E-state index contributed by atoms with van der Waals surface area (Å²) in [5.41, 5.74) is 7.12. The lowest BCUT2D eigenvalue weighted by atomic mass is 10.1. The van der Waals surface area contributed by atoms with E-state index >= 15 is 0 Å². The lowest BCUT2D eigenvalue weighted by Gasteiger charge is -2.08. The Kier molecular flexibility index (Phi) is 3.93. The fourth-order valence-corrected chi connectivity index (χ4v) is 2.45. The van der Waals surface area contributed by atoms with E-state index in [1.54, 1.807) is 18.4 Å². The highest BCUT2D eigenvalue weighted by atomic mass is 32.1. The molecular weight excluding hydrogens is 222 g/mol. The first-order valence-electron chi connectivity index (χ1n) is 5.45. The average Bonchev–Trinajstić information content (AvgIpc) is 2.78. The first-order valence-corrected chi connectivity index (χ1v) is 6.33. The van der Waals surface area contributed by atoms with E-state index in [4.69, 9.17) is 10.5 Å². The summed E-state index contributed by atoms with van der Waals surface area (Å²) in [4.78, 5) is 5.55. The van der Waals surface area contributed by atoms with E-state index in [0.29, 0.717) is 0 Å². The van der Waals surface area contributed by atoms with Gasteiger partial charge in [-0.15, -0.1) is 11.3 Å². The van der Waals surface area contributed by atoms with Crippen LogP contribution in [0, 0.1) is 0 Å². The fourth-order valence-electron chi connectivity index (χ4n) is 1.73. The van der Waals surface area contributed by atoms with E-state index in [1.807, 2.05) is 16.0 Å². The third kappa shape index (κ3) is 2.81. The molecule has 0 amide bonds. The van der Waals surface area contributed by atoms with E-state index in [2.05, 4.69) is 11.2 Å². The second-order valence-electron chi connectivity index (χ2n) is 3.92. The van der Waals surface area contributed by atoms with Gasteiger partial charge in [0.25, 0.3) is 0 Å². The Hall–Kier alpha value is -0.910. The molecule has 0 saturated heterocycles. The van der Waals surface area contributed by atoms with Crippen molar-refractivity contribution >= 4 is 16.3 Å². The summed E-state index contributed by atoms with van der Waals surface area (Å²) >= 11 is 1.65. The van der Waals surface area contributed by atoms with Crippen molar-refractivity contribution in [2.24, 2.45) is 5.73 Å². The maximum Gasteiger partial charge on any atom is 0.193 e. The number of ether oxygens (including phenoxy) is 1. The molecule has 0 aliphatic rings. The van der Waals surface area contributed by atoms with Crippen LogP contribution in [0.15, 0.2) is 17.8 Å². The van der Waals surface area contributed by atoms with E-state index in [1.165, 1.54) is 0 Å². The van der Waals surface area contributed by atoms with Crippen molar-refractivity contribution in [3.8, 4) is 0 Å². The number of thiazole rings is 1. The predicted molar refractivity (Wildman–Crippen MR) is 65.9 cm³/mol. The molecule has 2 N–H and O–H groups in total. The van der Waals surface area contributed by atoms with Gasteiger partial charge in [-0.3, -0.25) is 4.40 Å². The Balaban J connectivity index is 1.86. The van der Waals surface area contributed by atoms with Gasteiger partial charge < -0.3 is 10.5 Å². The van der Waals surface area contributed by atoms with Crippen molar-refractivity contribution in [2.45, 2.75) is 25.3 Å². The monoisotopic (exact) mass is 239 g/mol. The van der Waals surface area contributed by atoms with Gasteiger partial charge in [-0.2, -0.15) is 0 Å². The van der Waals surface area contributed by atoms with Crippen LogP contribution in [-0.4, -0.2) is 29.1 Å². The number of rotatable bonds is 6. The largest absolute Gasteiger partial charge is 0.385 e. The molecule has 88 valence electrons. The van der Waals surface area contributed by atoms with Gasteiger partial charge in [0.15, 0.2) is 4.96 Å². The maximum atomic E-state index is 6.04. The molecule has 0 aromatic carbocycles. The molecule has 1 atom stereocenters. The van der Waals surface area contributed by atoms with Crippen LogP contribution < -0.4 is 5.73 Å². The van der Waals surface area contributed by atoms with E-state index in [-0.39, 0.29) is 6.04 Å². The van der Waals surface area contributed by atoms with Crippen molar-refractivity contribution in [1.82, 2.24) is 9.38 Å². The van der Waals surface area contributed by atoms with Crippen molar-refractivity contribution in [1.29, 1.82) is 0 Å². The third-order valence-electron chi connectivity index (χ3n) is 2.54. The first kappa shape index (κ1) is 11.6. The molecule has 0 aliphatic heterocycles. The molecule has 2 heterocycles. The lowest BCUT2D eigenvalue weighted by molar-refractivity contribution is 0.190. The highest BCUT2D eigenvalue weighted by molar-refractivity contribution is 7.15. The zero-order valence-electron chi connectivity index (χ0n) is 9.43. The standard InChI is InChI=1S/C11H17N3OS/c1-15-5-2-3-9(12)7-10-8-14-4-6-16-11(14)13-10/h4,6,8-9H,2-3,5,7,12H2,1H3. The number of hydrogen-bond donors (Lipinski definition) is 1. The highest BCUT2D eigenvalue weighted by Gasteiger charge is 2.08. The molecule has 0 fully saturated rings. The van der Waals surface area contributed by atoms with Gasteiger partial charge in [-0.25, -0.2) is 4.98 Å². The van der Waals surface area contributed by atoms with Crippen LogP contribution in [0.2, 0.25) is 0 Å². The number of nitrogens with two attached hydrogens (primary N) is 1. The molecule has 0 spiro atoms. The smallest absolute Gasteiger partial charge is 0.193 e. The summed E-state index contributed by atoms with van der Waals surface area (Å²) in [5, 5.41) is 2.03. The maximum absolute atomic E-state index is 6.04. The van der Waals surface area contributed by atoms with Crippen LogP contribution in [0.3, 0.4) is 0 Å². The van der Waals surface area contributed by atoms with Crippen LogP contribution in [0.1, 0.15) is 18.5 Å². The molecule has 1 unspecified atom stereocenters. The van der Waals surface area contributed by atoms with E-state index in [0.717, 1.165) is 36.5 Å². The summed E-state index contributed by atoms with van der Waals surface area (Å²) in [7, 11) is 1.72. The van der Waals surface area contributed by atoms with Gasteiger partial charge in [0.1, 0.15) is 0 Å². The summed E-state index contributed by atoms with van der Waals surface area (Å²) in [5.74, 6) is 0. The predicted octanol–water partition coefficient (Wildman–Crippen LogP) is 1.69. The molecule has 0 saturated carbocycles. The molecule has 0 aliphatic carbocycles. The fraction of sp³-hybridized carbons (Fsp3) is 0.545. The van der Waals surface area contributed by atoms with Crippen molar-refractivity contribution in [3.05, 3.63) is 23.5 Å². The summed E-state index contributed by atoms with van der Waals surface area (Å²) in [6.45, 7) is 0.784. The van der Waals surface area contributed by atoms with Gasteiger partial charge >= 0.3 is 0 Å². The number of imidazole rings is 1. The van der Waals surface area contributed by atoms with Gasteiger partial charge in [-0.05, 0) is 12.8 Å². The quantitative estimate of drug-likeness (QED) is 0.780. The van der Waals surface area contributed by atoms with Crippen LogP contribution in [0.4, 0.5) is 0 Å². The zero-order chi connectivity index (χ0) is 11.4. The Bertz CT molecular complexity index is 409. The van der Waals surface area contributed by atoms with Crippen molar-refractivity contribution in [2.75, 3.05) is 13.7 Å². The second-order valence-corrected chi connectivity index (χ2v) is 4.80. The molecule has 0 bridgehead atoms. The Morgan fingerprint density at radius 2 is 2.50 bits per heavy atom.